The predicted molar refractivity (Wildman–Crippen MR) is 270 cm³/mol. The second-order valence-electron chi connectivity index (χ2n) is 21.6. The molecule has 9 rings (SSSR count). The highest BCUT2D eigenvalue weighted by Crippen LogP contribution is 2.45. The first-order valence-electron chi connectivity index (χ1n) is 22.6. The summed E-state index contributed by atoms with van der Waals surface area (Å²) in [5.41, 5.74) is 12.3. The standard InChI is InChI=1S/C58H59N5O2/c1-35-51-49(44-30-32-47(60-53(44)64-51)62(40-22-14-36(15-23-40)55(2,3)4)41-24-16-37(17-25-41)56(5,6)7)46(34-59)50-45-31-33-48(61-54(45)65-52(35)50)63(42-26-18-38(19-27-42)57(8,9)10)43-28-20-39(21-29-43)58(11,12)13/h14-33H,1-13H3. The van der Waals surface area contributed by atoms with Gasteiger partial charge in [-0.15, -0.1) is 0 Å². The van der Waals surface area contributed by atoms with Crippen LogP contribution in [0.3, 0.4) is 0 Å². The summed E-state index contributed by atoms with van der Waals surface area (Å²) < 4.78 is 13.4. The minimum atomic E-state index is 0.0144. The van der Waals surface area contributed by atoms with Gasteiger partial charge < -0.3 is 8.83 Å². The second-order valence-corrected chi connectivity index (χ2v) is 21.6. The maximum Gasteiger partial charge on any atom is 0.229 e. The van der Waals surface area contributed by atoms with Crippen molar-refractivity contribution in [2.45, 2.75) is 112 Å². The number of rotatable bonds is 6. The van der Waals surface area contributed by atoms with E-state index < -0.39 is 0 Å². The van der Waals surface area contributed by atoms with Crippen molar-refractivity contribution in [3.05, 3.63) is 155 Å². The van der Waals surface area contributed by atoms with Crippen molar-refractivity contribution in [3.63, 3.8) is 0 Å². The minimum absolute atomic E-state index is 0.0144. The van der Waals surface area contributed by atoms with E-state index in [1.807, 2.05) is 31.2 Å². The highest BCUT2D eigenvalue weighted by atomic mass is 16.4. The van der Waals surface area contributed by atoms with E-state index in [4.69, 9.17) is 18.8 Å². The molecule has 0 atom stereocenters. The van der Waals surface area contributed by atoms with Crippen LogP contribution in [0.4, 0.5) is 34.4 Å². The highest BCUT2D eigenvalue weighted by molar-refractivity contribution is 6.20. The van der Waals surface area contributed by atoms with Crippen molar-refractivity contribution < 1.29 is 8.83 Å². The van der Waals surface area contributed by atoms with Gasteiger partial charge >= 0.3 is 0 Å². The normalized spacial score (nSPS) is 12.7. The average molecular weight is 858 g/mol. The molecule has 7 heteroatoms. The molecule has 0 saturated carbocycles. The molecule has 4 heterocycles. The van der Waals surface area contributed by atoms with Crippen LogP contribution in [0.15, 0.2) is 130 Å². The van der Waals surface area contributed by atoms with E-state index in [9.17, 15) is 5.26 Å². The van der Waals surface area contributed by atoms with Crippen molar-refractivity contribution in [2.24, 2.45) is 0 Å². The Morgan fingerprint density at radius 2 is 0.692 bits per heavy atom. The molecule has 0 aliphatic rings. The highest BCUT2D eigenvalue weighted by Gasteiger charge is 2.27. The van der Waals surface area contributed by atoms with Gasteiger partial charge in [-0.05, 0) is 124 Å². The Morgan fingerprint density at radius 3 is 0.938 bits per heavy atom. The van der Waals surface area contributed by atoms with E-state index in [0.717, 1.165) is 39.1 Å². The van der Waals surface area contributed by atoms with Crippen LogP contribution >= 0.6 is 0 Å². The second kappa shape index (κ2) is 15.4. The first kappa shape index (κ1) is 43.3. The van der Waals surface area contributed by atoms with Crippen molar-refractivity contribution >= 4 is 78.5 Å². The topological polar surface area (TPSA) is 82.3 Å². The maximum atomic E-state index is 11.0. The maximum absolute atomic E-state index is 11.0. The molecular formula is C58H59N5O2. The fraction of sp³-hybridized carbons (Fsp3) is 0.293. The predicted octanol–water partition coefficient (Wildman–Crippen LogP) is 16.6. The monoisotopic (exact) mass is 857 g/mol. The summed E-state index contributed by atoms with van der Waals surface area (Å²) in [6.45, 7) is 28.7. The summed E-state index contributed by atoms with van der Waals surface area (Å²) in [4.78, 5) is 14.7. The van der Waals surface area contributed by atoms with Crippen molar-refractivity contribution in [3.8, 4) is 6.07 Å². The Morgan fingerprint density at radius 1 is 0.415 bits per heavy atom. The van der Waals surface area contributed by atoms with Gasteiger partial charge in [0.15, 0.2) is 0 Å². The number of nitriles is 1. The van der Waals surface area contributed by atoms with E-state index >= 15 is 0 Å². The zero-order valence-corrected chi connectivity index (χ0v) is 40.1. The smallest absolute Gasteiger partial charge is 0.229 e. The zero-order valence-electron chi connectivity index (χ0n) is 40.1. The first-order valence-corrected chi connectivity index (χ1v) is 22.6. The molecule has 4 aromatic heterocycles. The number of furan rings is 2. The van der Waals surface area contributed by atoms with Crippen LogP contribution in [0.5, 0.6) is 0 Å². The Kier molecular flexibility index (Phi) is 10.3. The number of benzene rings is 5. The molecule has 0 amide bonds. The van der Waals surface area contributed by atoms with E-state index in [1.54, 1.807) is 0 Å². The van der Waals surface area contributed by atoms with Gasteiger partial charge in [-0.3, -0.25) is 9.80 Å². The number of pyridine rings is 2. The number of fused-ring (bicyclic) bond motifs is 6. The molecule has 0 unspecified atom stereocenters. The van der Waals surface area contributed by atoms with Gasteiger partial charge in [-0.2, -0.15) is 15.2 Å². The van der Waals surface area contributed by atoms with Gasteiger partial charge in [0.05, 0.1) is 5.56 Å². The number of aromatic nitrogens is 2. The van der Waals surface area contributed by atoms with Crippen molar-refractivity contribution in [1.82, 2.24) is 9.97 Å². The summed E-state index contributed by atoms with van der Waals surface area (Å²) in [7, 11) is 0. The number of aryl methyl sites for hydroxylation is 1. The van der Waals surface area contributed by atoms with Crippen LogP contribution in [0.2, 0.25) is 0 Å². The summed E-state index contributed by atoms with van der Waals surface area (Å²) in [6, 6.07) is 45.4. The van der Waals surface area contributed by atoms with Gasteiger partial charge in [0, 0.05) is 49.9 Å². The van der Waals surface area contributed by atoms with Crippen LogP contribution in [0.25, 0.3) is 44.1 Å². The van der Waals surface area contributed by atoms with Crippen LogP contribution in [0, 0.1) is 18.3 Å². The molecular weight excluding hydrogens is 799 g/mol. The number of anilines is 6. The molecule has 0 aliphatic carbocycles. The van der Waals surface area contributed by atoms with E-state index in [2.05, 4.69) is 196 Å². The fourth-order valence-corrected chi connectivity index (χ4v) is 8.82. The van der Waals surface area contributed by atoms with E-state index in [1.165, 1.54) is 22.3 Å². The Hall–Kier alpha value is -6.91. The molecule has 5 aromatic carbocycles. The Bertz CT molecular complexity index is 2950. The van der Waals surface area contributed by atoms with Crippen LogP contribution in [-0.4, -0.2) is 9.97 Å². The van der Waals surface area contributed by atoms with E-state index in [0.29, 0.717) is 50.6 Å². The van der Waals surface area contributed by atoms with E-state index in [-0.39, 0.29) is 21.7 Å². The number of nitrogens with zero attached hydrogens (tertiary/aromatic N) is 5. The fourth-order valence-electron chi connectivity index (χ4n) is 8.82. The molecule has 9 aromatic rings. The molecule has 0 saturated heterocycles. The lowest BCUT2D eigenvalue weighted by Crippen LogP contribution is -2.15. The van der Waals surface area contributed by atoms with Crippen molar-refractivity contribution in [1.29, 1.82) is 5.26 Å². The third-order valence-electron chi connectivity index (χ3n) is 12.8. The first-order chi connectivity index (χ1) is 30.6. The van der Waals surface area contributed by atoms with Gasteiger partial charge in [-0.1, -0.05) is 132 Å². The van der Waals surface area contributed by atoms with Gasteiger partial charge in [0.25, 0.3) is 0 Å². The van der Waals surface area contributed by atoms with Crippen LogP contribution < -0.4 is 9.80 Å². The molecule has 7 nitrogen and oxygen atoms in total. The lowest BCUT2D eigenvalue weighted by atomic mass is 9.86. The summed E-state index contributed by atoms with van der Waals surface area (Å²) >= 11 is 0. The zero-order chi connectivity index (χ0) is 46.4. The largest absolute Gasteiger partial charge is 0.437 e. The summed E-state index contributed by atoms with van der Waals surface area (Å²) in [6.07, 6.45) is 0. The average Bonchev–Trinajstić information content (AvgIpc) is 3.83. The lowest BCUT2D eigenvalue weighted by Gasteiger charge is -2.27. The Balaban J connectivity index is 1.18. The van der Waals surface area contributed by atoms with Crippen molar-refractivity contribution in [2.75, 3.05) is 9.80 Å². The van der Waals surface area contributed by atoms with Crippen LogP contribution in [0.1, 0.15) is 116 Å². The molecule has 0 radical (unpaired) electrons. The quantitative estimate of drug-likeness (QED) is 0.165. The molecule has 0 aliphatic heterocycles. The number of hydrogen-bond acceptors (Lipinski definition) is 7. The summed E-state index contributed by atoms with van der Waals surface area (Å²) in [5.74, 6) is 1.41. The molecule has 0 bridgehead atoms. The van der Waals surface area contributed by atoms with Crippen LogP contribution in [-0.2, 0) is 21.7 Å². The molecule has 0 spiro atoms. The molecule has 65 heavy (non-hydrogen) atoms. The van der Waals surface area contributed by atoms with Gasteiger partial charge in [0.2, 0.25) is 11.4 Å². The minimum Gasteiger partial charge on any atom is -0.437 e. The summed E-state index contributed by atoms with van der Waals surface area (Å²) in [5, 5.41) is 13.9. The lowest BCUT2D eigenvalue weighted by molar-refractivity contribution is 0.590. The number of hydrogen-bond donors (Lipinski definition) is 0. The molecule has 0 N–H and O–H groups in total. The molecule has 0 fully saturated rings. The third-order valence-corrected chi connectivity index (χ3v) is 12.8. The Labute approximate surface area is 383 Å². The molecule has 328 valence electrons. The SMILES string of the molecule is Cc1c2oc3nc(N(c4ccc(C(C)(C)C)cc4)c4ccc(C(C)(C)C)cc4)ccc3c2c(C#N)c2c1oc1nc(N(c3ccc(C(C)(C)C)cc3)c3ccc(C(C)(C)C)cc3)ccc12. The van der Waals surface area contributed by atoms with Gasteiger partial charge in [-0.25, -0.2) is 0 Å². The third kappa shape index (κ3) is 7.79. The van der Waals surface area contributed by atoms with Gasteiger partial charge in [0.1, 0.15) is 28.9 Å².